The number of fused-ring (bicyclic) bond motifs is 6. The van der Waals surface area contributed by atoms with Gasteiger partial charge in [0.25, 0.3) is 0 Å². The lowest BCUT2D eigenvalue weighted by atomic mass is 9.94. The number of pyridine rings is 1. The van der Waals surface area contributed by atoms with Gasteiger partial charge in [-0.3, -0.25) is 4.98 Å². The van der Waals surface area contributed by atoms with Gasteiger partial charge in [0, 0.05) is 32.9 Å². The van der Waals surface area contributed by atoms with E-state index in [1.807, 2.05) is 91.1 Å². The van der Waals surface area contributed by atoms with Crippen molar-refractivity contribution in [1.29, 1.82) is 0 Å². The zero-order chi connectivity index (χ0) is 29.5. The van der Waals surface area contributed by atoms with Gasteiger partial charge in [0.15, 0.2) is 7.14 Å². The van der Waals surface area contributed by atoms with E-state index in [-0.39, 0.29) is 0 Å². The van der Waals surface area contributed by atoms with Gasteiger partial charge in [0.1, 0.15) is 0 Å². The SMILES string of the molecule is O=P(c1ccccc1)(c1ccc(-c2ccc3c4ccccc4c4cccnc4c3c2)cc1)c1ccccc1-c1ccccc1. The summed E-state index contributed by atoms with van der Waals surface area (Å²) in [7, 11) is -3.20. The van der Waals surface area contributed by atoms with Crippen LogP contribution in [0.3, 0.4) is 0 Å². The summed E-state index contributed by atoms with van der Waals surface area (Å²) in [6, 6.07) is 55.9. The lowest BCUT2D eigenvalue weighted by molar-refractivity contribution is 0.592. The van der Waals surface area contributed by atoms with Gasteiger partial charge in [-0.2, -0.15) is 0 Å². The third-order valence-electron chi connectivity index (χ3n) is 8.60. The van der Waals surface area contributed by atoms with Crippen molar-refractivity contribution in [2.45, 2.75) is 0 Å². The summed E-state index contributed by atoms with van der Waals surface area (Å²) in [5.41, 5.74) is 5.23. The highest BCUT2D eigenvalue weighted by Crippen LogP contribution is 2.45. The molecule has 0 N–H and O–H groups in total. The molecule has 8 aromatic rings. The molecule has 44 heavy (non-hydrogen) atoms. The van der Waals surface area contributed by atoms with Crippen LogP contribution in [0.4, 0.5) is 0 Å². The quantitative estimate of drug-likeness (QED) is 0.150. The minimum atomic E-state index is -3.20. The predicted molar refractivity (Wildman–Crippen MR) is 187 cm³/mol. The molecular formula is C41H28NOP. The van der Waals surface area contributed by atoms with Crippen molar-refractivity contribution < 1.29 is 4.57 Å². The zero-order valence-electron chi connectivity index (χ0n) is 24.0. The highest BCUT2D eigenvalue weighted by molar-refractivity contribution is 7.85. The van der Waals surface area contributed by atoms with Gasteiger partial charge in [-0.25, -0.2) is 0 Å². The van der Waals surface area contributed by atoms with Crippen LogP contribution in [-0.4, -0.2) is 4.98 Å². The lowest BCUT2D eigenvalue weighted by Gasteiger charge is -2.23. The number of hydrogen-bond donors (Lipinski definition) is 0. The predicted octanol–water partition coefficient (Wildman–Crippen LogP) is 9.51. The minimum absolute atomic E-state index is 0.815. The Bertz CT molecular complexity index is 2310. The van der Waals surface area contributed by atoms with E-state index in [1.54, 1.807) is 0 Å². The Morgan fingerprint density at radius 3 is 1.75 bits per heavy atom. The molecule has 0 radical (unpaired) electrons. The molecule has 7 aromatic carbocycles. The molecular weight excluding hydrogens is 553 g/mol. The van der Waals surface area contributed by atoms with E-state index in [2.05, 4.69) is 78.9 Å². The van der Waals surface area contributed by atoms with Gasteiger partial charge in [-0.05, 0) is 50.5 Å². The Labute approximate surface area is 256 Å². The Morgan fingerprint density at radius 2 is 0.977 bits per heavy atom. The molecule has 1 heterocycles. The highest BCUT2D eigenvalue weighted by Gasteiger charge is 2.32. The van der Waals surface area contributed by atoms with E-state index in [1.165, 1.54) is 16.2 Å². The molecule has 0 saturated heterocycles. The molecule has 0 spiro atoms. The molecule has 1 aromatic heterocycles. The fourth-order valence-corrected chi connectivity index (χ4v) is 9.34. The van der Waals surface area contributed by atoms with Crippen LogP contribution in [-0.2, 0) is 4.57 Å². The van der Waals surface area contributed by atoms with Gasteiger partial charge in [-0.1, -0.05) is 152 Å². The first kappa shape index (κ1) is 26.3. The lowest BCUT2D eigenvalue weighted by Crippen LogP contribution is -2.26. The maximum atomic E-state index is 15.5. The summed E-state index contributed by atoms with van der Waals surface area (Å²) in [6.45, 7) is 0. The molecule has 0 aliphatic rings. The second-order valence-electron chi connectivity index (χ2n) is 11.1. The van der Waals surface area contributed by atoms with Crippen molar-refractivity contribution in [3.8, 4) is 22.3 Å². The number of benzene rings is 7. The topological polar surface area (TPSA) is 30.0 Å². The van der Waals surface area contributed by atoms with E-state index in [0.29, 0.717) is 0 Å². The maximum absolute atomic E-state index is 15.5. The molecule has 1 atom stereocenters. The van der Waals surface area contributed by atoms with Crippen LogP contribution >= 0.6 is 7.14 Å². The smallest absolute Gasteiger partial charge is 0.171 e. The van der Waals surface area contributed by atoms with Crippen molar-refractivity contribution in [3.63, 3.8) is 0 Å². The maximum Gasteiger partial charge on any atom is 0.171 e. The van der Waals surface area contributed by atoms with Gasteiger partial charge in [0.05, 0.1) is 5.52 Å². The second kappa shape index (κ2) is 10.8. The van der Waals surface area contributed by atoms with Crippen LogP contribution in [0.5, 0.6) is 0 Å². The summed E-state index contributed by atoms with van der Waals surface area (Å²) in [5.74, 6) is 0. The molecule has 0 amide bonds. The first-order chi connectivity index (χ1) is 21.7. The Kier molecular flexibility index (Phi) is 6.44. The number of aromatic nitrogens is 1. The molecule has 0 aliphatic heterocycles. The third kappa shape index (κ3) is 4.27. The molecule has 0 saturated carbocycles. The average Bonchev–Trinajstić information content (AvgIpc) is 3.12. The number of hydrogen-bond acceptors (Lipinski definition) is 2. The van der Waals surface area contributed by atoms with Gasteiger partial charge in [0.2, 0.25) is 0 Å². The fourth-order valence-electron chi connectivity index (χ4n) is 6.48. The van der Waals surface area contributed by atoms with Crippen molar-refractivity contribution in [3.05, 3.63) is 170 Å². The molecule has 8 rings (SSSR count). The number of nitrogens with zero attached hydrogens (tertiary/aromatic N) is 1. The first-order valence-corrected chi connectivity index (χ1v) is 16.5. The summed E-state index contributed by atoms with van der Waals surface area (Å²) in [5, 5.41) is 8.41. The van der Waals surface area contributed by atoms with Crippen molar-refractivity contribution >= 4 is 55.5 Å². The summed E-state index contributed by atoms with van der Waals surface area (Å²) < 4.78 is 15.5. The van der Waals surface area contributed by atoms with Gasteiger partial charge < -0.3 is 4.57 Å². The molecule has 208 valence electrons. The van der Waals surface area contributed by atoms with Gasteiger partial charge >= 0.3 is 0 Å². The molecule has 0 aliphatic carbocycles. The van der Waals surface area contributed by atoms with Crippen LogP contribution in [0.25, 0.3) is 54.7 Å². The Hall–Kier alpha value is -5.30. The molecule has 2 nitrogen and oxygen atoms in total. The van der Waals surface area contributed by atoms with E-state index in [9.17, 15) is 0 Å². The average molecular weight is 582 g/mol. The van der Waals surface area contributed by atoms with E-state index in [0.717, 1.165) is 54.5 Å². The van der Waals surface area contributed by atoms with E-state index < -0.39 is 7.14 Å². The van der Waals surface area contributed by atoms with Crippen LogP contribution in [0, 0.1) is 0 Å². The molecule has 0 fully saturated rings. The standard InChI is InChI=1S/C41H28NOP/c43-44(32-14-5-2-6-15-32,40-20-10-9-16-34(40)30-12-3-1-4-13-30)33-24-21-29(22-25-33)31-23-26-37-35-17-7-8-18-36(35)38-19-11-27-42-41(38)39(37)28-31/h1-28H. The van der Waals surface area contributed by atoms with Crippen molar-refractivity contribution in [1.82, 2.24) is 4.98 Å². The monoisotopic (exact) mass is 581 g/mol. The van der Waals surface area contributed by atoms with Crippen molar-refractivity contribution in [2.75, 3.05) is 0 Å². The summed E-state index contributed by atoms with van der Waals surface area (Å²) >= 11 is 0. The van der Waals surface area contributed by atoms with E-state index in [4.69, 9.17) is 4.98 Å². The number of rotatable bonds is 5. The van der Waals surface area contributed by atoms with E-state index >= 15 is 4.57 Å². The minimum Gasteiger partial charge on any atom is -0.309 e. The molecule has 1 unspecified atom stereocenters. The largest absolute Gasteiger partial charge is 0.309 e. The zero-order valence-corrected chi connectivity index (χ0v) is 24.9. The fraction of sp³-hybridized carbons (Fsp3) is 0. The Morgan fingerprint density at radius 1 is 0.409 bits per heavy atom. The van der Waals surface area contributed by atoms with Crippen LogP contribution in [0.1, 0.15) is 0 Å². The summed E-state index contributed by atoms with van der Waals surface area (Å²) in [4.78, 5) is 4.80. The van der Waals surface area contributed by atoms with Crippen LogP contribution < -0.4 is 15.9 Å². The normalized spacial score (nSPS) is 12.8. The van der Waals surface area contributed by atoms with Gasteiger partial charge in [-0.15, -0.1) is 0 Å². The second-order valence-corrected chi connectivity index (χ2v) is 13.8. The highest BCUT2D eigenvalue weighted by atomic mass is 31.2. The van der Waals surface area contributed by atoms with Crippen LogP contribution in [0.15, 0.2) is 170 Å². The molecule has 3 heteroatoms. The third-order valence-corrected chi connectivity index (χ3v) is 11.7. The summed E-state index contributed by atoms with van der Waals surface area (Å²) in [6.07, 6.45) is 1.87. The Balaban J connectivity index is 1.29. The first-order valence-electron chi connectivity index (χ1n) is 14.8. The molecule has 0 bridgehead atoms. The van der Waals surface area contributed by atoms with Crippen molar-refractivity contribution in [2.24, 2.45) is 0 Å². The van der Waals surface area contributed by atoms with Crippen LogP contribution in [0.2, 0.25) is 0 Å².